The van der Waals surface area contributed by atoms with Gasteiger partial charge < -0.3 is 4.90 Å². The Kier molecular flexibility index (Phi) is 3.68. The molecule has 2 aliphatic rings. The van der Waals surface area contributed by atoms with Crippen molar-refractivity contribution in [1.29, 1.82) is 0 Å². The minimum absolute atomic E-state index is 0.675. The van der Waals surface area contributed by atoms with E-state index in [2.05, 4.69) is 44.7 Å². The van der Waals surface area contributed by atoms with Crippen LogP contribution in [0.5, 0.6) is 0 Å². The Hall–Kier alpha value is -1.75. The summed E-state index contributed by atoms with van der Waals surface area (Å²) in [4.78, 5) is 18.6. The Balaban J connectivity index is 1.58. The van der Waals surface area contributed by atoms with E-state index >= 15 is 0 Å². The lowest BCUT2D eigenvalue weighted by Crippen LogP contribution is -2.62. The van der Waals surface area contributed by atoms with E-state index < -0.39 is 0 Å². The minimum atomic E-state index is 0.675. The highest BCUT2D eigenvalue weighted by Crippen LogP contribution is 2.32. The van der Waals surface area contributed by atoms with Crippen molar-refractivity contribution < 1.29 is 0 Å². The summed E-state index contributed by atoms with van der Waals surface area (Å²) in [6.07, 6.45) is 5.73. The Morgan fingerprint density at radius 2 is 1.96 bits per heavy atom. The maximum Gasteiger partial charge on any atom is 0.165 e. The van der Waals surface area contributed by atoms with Crippen molar-refractivity contribution in [3.8, 4) is 0 Å². The number of rotatable bonds is 2. The van der Waals surface area contributed by atoms with Crippen molar-refractivity contribution in [3.63, 3.8) is 0 Å². The van der Waals surface area contributed by atoms with Crippen molar-refractivity contribution in [3.05, 3.63) is 23.7 Å². The van der Waals surface area contributed by atoms with Crippen LogP contribution in [0.2, 0.25) is 0 Å². The van der Waals surface area contributed by atoms with Gasteiger partial charge in [0.2, 0.25) is 0 Å². The van der Waals surface area contributed by atoms with E-state index in [1.807, 2.05) is 6.92 Å². The topological polar surface area (TPSA) is 45.2 Å². The molecule has 2 fully saturated rings. The van der Waals surface area contributed by atoms with Gasteiger partial charge in [-0.25, -0.2) is 15.0 Å². The highest BCUT2D eigenvalue weighted by molar-refractivity contribution is 5.90. The summed E-state index contributed by atoms with van der Waals surface area (Å²) in [6, 6.07) is 3.53. The molecule has 0 amide bonds. The molecule has 1 unspecified atom stereocenters. The monoisotopic (exact) mass is 311 g/mol. The minimum Gasteiger partial charge on any atom is -0.353 e. The van der Waals surface area contributed by atoms with Gasteiger partial charge in [-0.1, -0.05) is 6.42 Å². The summed E-state index contributed by atoms with van der Waals surface area (Å²) in [5, 5.41) is 1.11. The average Bonchev–Trinajstić information content (AvgIpc) is 2.47. The SMILES string of the molecule is Cc1cc(C)c2c(N3CC(N4CCCCC4C)C3)ncnc2n1. The zero-order valence-corrected chi connectivity index (χ0v) is 14.3. The van der Waals surface area contributed by atoms with E-state index in [1.54, 1.807) is 6.33 Å². The zero-order chi connectivity index (χ0) is 16.0. The van der Waals surface area contributed by atoms with Gasteiger partial charge in [0.25, 0.3) is 0 Å². The number of hydrogen-bond acceptors (Lipinski definition) is 5. The number of anilines is 1. The molecule has 0 radical (unpaired) electrons. The maximum atomic E-state index is 4.57. The van der Waals surface area contributed by atoms with Crippen LogP contribution in [-0.4, -0.2) is 51.6 Å². The first kappa shape index (κ1) is 14.8. The third-order valence-corrected chi connectivity index (χ3v) is 5.39. The van der Waals surface area contributed by atoms with Gasteiger partial charge in [0, 0.05) is 30.9 Å². The number of hydrogen-bond donors (Lipinski definition) is 0. The number of pyridine rings is 1. The molecular weight excluding hydrogens is 286 g/mol. The van der Waals surface area contributed by atoms with E-state index in [-0.39, 0.29) is 0 Å². The van der Waals surface area contributed by atoms with Crippen molar-refractivity contribution in [1.82, 2.24) is 19.9 Å². The molecule has 4 heterocycles. The van der Waals surface area contributed by atoms with Crippen molar-refractivity contribution in [2.75, 3.05) is 24.5 Å². The summed E-state index contributed by atoms with van der Waals surface area (Å²) < 4.78 is 0. The Morgan fingerprint density at radius 3 is 2.74 bits per heavy atom. The summed E-state index contributed by atoms with van der Waals surface area (Å²) in [6.45, 7) is 9.93. The van der Waals surface area contributed by atoms with E-state index in [0.717, 1.165) is 41.7 Å². The molecule has 0 aromatic carbocycles. The number of aromatic nitrogens is 3. The molecule has 2 aromatic rings. The van der Waals surface area contributed by atoms with Crippen LogP contribution in [0.25, 0.3) is 11.0 Å². The molecule has 4 rings (SSSR count). The smallest absolute Gasteiger partial charge is 0.165 e. The van der Waals surface area contributed by atoms with Crippen molar-refractivity contribution >= 4 is 16.9 Å². The van der Waals surface area contributed by atoms with E-state index in [1.165, 1.54) is 31.4 Å². The summed E-state index contributed by atoms with van der Waals surface area (Å²) in [5.74, 6) is 1.06. The number of nitrogens with zero attached hydrogens (tertiary/aromatic N) is 5. The molecule has 2 saturated heterocycles. The van der Waals surface area contributed by atoms with Crippen LogP contribution in [-0.2, 0) is 0 Å². The lowest BCUT2D eigenvalue weighted by Gasteiger charge is -2.49. The lowest BCUT2D eigenvalue weighted by molar-refractivity contribution is 0.0874. The van der Waals surface area contributed by atoms with Gasteiger partial charge in [-0.3, -0.25) is 4.90 Å². The Bertz CT molecular complexity index is 723. The second kappa shape index (κ2) is 5.71. The van der Waals surface area contributed by atoms with Crippen LogP contribution in [0.1, 0.15) is 37.4 Å². The summed E-state index contributed by atoms with van der Waals surface area (Å²) in [5.41, 5.74) is 3.06. The lowest BCUT2D eigenvalue weighted by atomic mass is 9.97. The predicted molar refractivity (Wildman–Crippen MR) is 92.8 cm³/mol. The fraction of sp³-hybridized carbons (Fsp3) is 0.611. The third-order valence-electron chi connectivity index (χ3n) is 5.39. The molecule has 23 heavy (non-hydrogen) atoms. The molecule has 5 heteroatoms. The first-order chi connectivity index (χ1) is 11.1. The highest BCUT2D eigenvalue weighted by Gasteiger charge is 2.36. The predicted octanol–water partition coefficient (Wildman–Crippen LogP) is 2.70. The van der Waals surface area contributed by atoms with E-state index in [9.17, 15) is 0 Å². The van der Waals surface area contributed by atoms with Crippen LogP contribution in [0.4, 0.5) is 5.82 Å². The number of piperidine rings is 1. The van der Waals surface area contributed by atoms with Crippen molar-refractivity contribution in [2.45, 2.75) is 52.1 Å². The fourth-order valence-electron chi connectivity index (χ4n) is 4.13. The average molecular weight is 311 g/mol. The largest absolute Gasteiger partial charge is 0.353 e. The first-order valence-corrected chi connectivity index (χ1v) is 8.73. The Morgan fingerprint density at radius 1 is 1.13 bits per heavy atom. The molecule has 0 saturated carbocycles. The molecule has 122 valence electrons. The van der Waals surface area contributed by atoms with E-state index in [0.29, 0.717) is 6.04 Å². The second-order valence-corrected chi connectivity index (χ2v) is 7.12. The summed E-state index contributed by atoms with van der Waals surface area (Å²) >= 11 is 0. The maximum absolute atomic E-state index is 4.57. The van der Waals surface area contributed by atoms with E-state index in [4.69, 9.17) is 0 Å². The molecule has 5 nitrogen and oxygen atoms in total. The first-order valence-electron chi connectivity index (χ1n) is 8.73. The van der Waals surface area contributed by atoms with Gasteiger partial charge in [-0.05, 0) is 51.8 Å². The number of aryl methyl sites for hydroxylation is 2. The van der Waals surface area contributed by atoms with Crippen LogP contribution in [0, 0.1) is 13.8 Å². The number of likely N-dealkylation sites (tertiary alicyclic amines) is 1. The van der Waals surface area contributed by atoms with Crippen LogP contribution >= 0.6 is 0 Å². The molecule has 2 aromatic heterocycles. The second-order valence-electron chi connectivity index (χ2n) is 7.12. The van der Waals surface area contributed by atoms with Crippen LogP contribution in [0.3, 0.4) is 0 Å². The standard InChI is InChI=1S/C18H25N5/c1-12-8-13(2)21-17-16(12)18(20-11-19-17)22-9-15(10-22)23-7-5-4-6-14(23)3/h8,11,14-15H,4-7,9-10H2,1-3H3. The third kappa shape index (κ3) is 2.57. The van der Waals surface area contributed by atoms with Crippen molar-refractivity contribution in [2.24, 2.45) is 0 Å². The van der Waals surface area contributed by atoms with Gasteiger partial charge in [0.15, 0.2) is 5.65 Å². The normalized spacial score (nSPS) is 23.3. The van der Waals surface area contributed by atoms with Gasteiger partial charge in [0.05, 0.1) is 5.39 Å². The van der Waals surface area contributed by atoms with Gasteiger partial charge in [-0.2, -0.15) is 0 Å². The van der Waals surface area contributed by atoms with Crippen LogP contribution in [0.15, 0.2) is 12.4 Å². The molecular formula is C18H25N5. The molecule has 0 spiro atoms. The molecule has 1 atom stereocenters. The molecule has 0 N–H and O–H groups in total. The zero-order valence-electron chi connectivity index (χ0n) is 14.3. The van der Waals surface area contributed by atoms with Gasteiger partial charge in [-0.15, -0.1) is 0 Å². The van der Waals surface area contributed by atoms with Gasteiger partial charge in [0.1, 0.15) is 12.1 Å². The molecule has 0 aliphatic carbocycles. The molecule has 2 aliphatic heterocycles. The van der Waals surface area contributed by atoms with Gasteiger partial charge >= 0.3 is 0 Å². The highest BCUT2D eigenvalue weighted by atomic mass is 15.3. The molecule has 0 bridgehead atoms. The quantitative estimate of drug-likeness (QED) is 0.853. The van der Waals surface area contributed by atoms with Crippen LogP contribution < -0.4 is 4.90 Å². The fourth-order valence-corrected chi connectivity index (χ4v) is 4.13. The summed E-state index contributed by atoms with van der Waals surface area (Å²) in [7, 11) is 0. The number of fused-ring (bicyclic) bond motifs is 1. The Labute approximate surface area is 137 Å².